The van der Waals surface area contributed by atoms with Crippen LogP contribution in [0.3, 0.4) is 0 Å². The van der Waals surface area contributed by atoms with Gasteiger partial charge in [0.15, 0.2) is 0 Å². The number of aromatic nitrogens is 1. The summed E-state index contributed by atoms with van der Waals surface area (Å²) in [4.78, 5) is 4.10. The van der Waals surface area contributed by atoms with Crippen LogP contribution in [-0.4, -0.2) is 19.6 Å². The summed E-state index contributed by atoms with van der Waals surface area (Å²) in [5, 5.41) is 0. The van der Waals surface area contributed by atoms with Crippen LogP contribution in [0, 0.1) is 0 Å². The molecule has 0 aromatic carbocycles. The SMILES string of the molecule is C=CC(CCCCCC)O[Si](C)(C)OCc1cccnc1. The first-order chi connectivity index (χ1) is 10.1. The zero-order valence-corrected chi connectivity index (χ0v) is 14.7. The summed E-state index contributed by atoms with van der Waals surface area (Å²) in [6.45, 7) is 10.9. The second-order valence-corrected chi connectivity index (χ2v) is 9.12. The number of hydrogen-bond donors (Lipinski definition) is 0. The molecule has 118 valence electrons. The van der Waals surface area contributed by atoms with E-state index in [4.69, 9.17) is 8.85 Å². The van der Waals surface area contributed by atoms with Crippen LogP contribution in [0.1, 0.15) is 44.6 Å². The predicted octanol–water partition coefficient (Wildman–Crippen LogP) is 4.84. The van der Waals surface area contributed by atoms with E-state index in [0.29, 0.717) is 6.61 Å². The Morgan fingerprint density at radius 2 is 2.14 bits per heavy atom. The molecule has 1 unspecified atom stereocenters. The normalized spacial score (nSPS) is 13.1. The van der Waals surface area contributed by atoms with Crippen molar-refractivity contribution in [1.29, 1.82) is 0 Å². The van der Waals surface area contributed by atoms with Gasteiger partial charge in [-0.25, -0.2) is 0 Å². The zero-order valence-electron chi connectivity index (χ0n) is 13.7. The van der Waals surface area contributed by atoms with E-state index in [1.165, 1.54) is 25.7 Å². The van der Waals surface area contributed by atoms with Crippen LogP contribution in [0.4, 0.5) is 0 Å². The molecule has 1 atom stereocenters. The molecule has 3 nitrogen and oxygen atoms in total. The quantitative estimate of drug-likeness (QED) is 0.333. The molecular formula is C17H29NO2Si. The van der Waals surface area contributed by atoms with Crippen molar-refractivity contribution in [2.24, 2.45) is 0 Å². The first kappa shape index (κ1) is 18.1. The molecular weight excluding hydrogens is 278 g/mol. The van der Waals surface area contributed by atoms with E-state index < -0.39 is 8.56 Å². The van der Waals surface area contributed by atoms with Crippen LogP contribution >= 0.6 is 0 Å². The minimum absolute atomic E-state index is 0.109. The largest absolute Gasteiger partial charge is 0.390 e. The summed E-state index contributed by atoms with van der Waals surface area (Å²) in [5.74, 6) is 0. The van der Waals surface area contributed by atoms with Crippen molar-refractivity contribution in [1.82, 2.24) is 4.98 Å². The summed E-state index contributed by atoms with van der Waals surface area (Å²) < 4.78 is 12.2. The Labute approximate surface area is 130 Å². The van der Waals surface area contributed by atoms with E-state index in [1.807, 2.05) is 24.4 Å². The lowest BCUT2D eigenvalue weighted by atomic mass is 10.1. The maximum atomic E-state index is 6.17. The Hall–Kier alpha value is -0.973. The number of pyridine rings is 1. The van der Waals surface area contributed by atoms with Crippen LogP contribution in [0.15, 0.2) is 37.2 Å². The highest BCUT2D eigenvalue weighted by Crippen LogP contribution is 2.17. The van der Waals surface area contributed by atoms with Crippen molar-refractivity contribution in [2.75, 3.05) is 0 Å². The number of hydrogen-bond acceptors (Lipinski definition) is 3. The van der Waals surface area contributed by atoms with Gasteiger partial charge < -0.3 is 8.85 Å². The van der Waals surface area contributed by atoms with Crippen LogP contribution in [0.25, 0.3) is 0 Å². The summed E-state index contributed by atoms with van der Waals surface area (Å²) in [5.41, 5.74) is 1.08. The molecule has 1 aromatic heterocycles. The van der Waals surface area contributed by atoms with Gasteiger partial charge in [0, 0.05) is 12.4 Å². The molecule has 4 heteroatoms. The van der Waals surface area contributed by atoms with Gasteiger partial charge in [0.05, 0.1) is 12.7 Å². The molecule has 0 saturated carbocycles. The highest BCUT2D eigenvalue weighted by atomic mass is 28.4. The molecule has 1 heterocycles. The number of nitrogens with zero attached hydrogens (tertiary/aromatic N) is 1. The molecule has 0 fully saturated rings. The monoisotopic (exact) mass is 307 g/mol. The van der Waals surface area contributed by atoms with E-state index in [1.54, 1.807) is 6.20 Å². The first-order valence-corrected chi connectivity index (χ1v) is 10.7. The average molecular weight is 308 g/mol. The molecule has 1 rings (SSSR count). The molecule has 0 bridgehead atoms. The third-order valence-corrected chi connectivity index (χ3v) is 5.06. The van der Waals surface area contributed by atoms with Crippen molar-refractivity contribution in [3.8, 4) is 0 Å². The smallest absolute Gasteiger partial charge is 0.332 e. The fourth-order valence-corrected chi connectivity index (χ4v) is 3.66. The number of unbranched alkanes of at least 4 members (excludes halogenated alkanes) is 3. The molecule has 0 aliphatic carbocycles. The topological polar surface area (TPSA) is 31.4 Å². The lowest BCUT2D eigenvalue weighted by molar-refractivity contribution is 0.134. The molecule has 0 N–H and O–H groups in total. The van der Waals surface area contributed by atoms with Crippen LogP contribution < -0.4 is 0 Å². The Bertz CT molecular complexity index is 395. The zero-order chi connectivity index (χ0) is 15.6. The molecule has 0 saturated heterocycles. The Morgan fingerprint density at radius 3 is 2.76 bits per heavy atom. The molecule has 0 aliphatic heterocycles. The van der Waals surface area contributed by atoms with Crippen molar-refractivity contribution in [3.63, 3.8) is 0 Å². The summed E-state index contributed by atoms with van der Waals surface area (Å²) >= 11 is 0. The number of rotatable bonds is 11. The third-order valence-electron chi connectivity index (χ3n) is 3.35. The van der Waals surface area contributed by atoms with Crippen molar-refractivity contribution >= 4 is 8.56 Å². The lowest BCUT2D eigenvalue weighted by Crippen LogP contribution is -2.38. The van der Waals surface area contributed by atoms with Crippen molar-refractivity contribution in [2.45, 2.75) is 64.8 Å². The predicted molar refractivity (Wildman–Crippen MR) is 90.3 cm³/mol. The molecule has 0 aliphatic rings. The van der Waals surface area contributed by atoms with Gasteiger partial charge in [-0.2, -0.15) is 0 Å². The van der Waals surface area contributed by atoms with E-state index in [9.17, 15) is 0 Å². The highest BCUT2D eigenvalue weighted by molar-refractivity contribution is 6.64. The van der Waals surface area contributed by atoms with Crippen LogP contribution in [-0.2, 0) is 15.5 Å². The first-order valence-electron chi connectivity index (χ1n) is 7.90. The van der Waals surface area contributed by atoms with Gasteiger partial charge in [0.2, 0.25) is 0 Å². The van der Waals surface area contributed by atoms with E-state index in [-0.39, 0.29) is 6.10 Å². The van der Waals surface area contributed by atoms with Gasteiger partial charge in [-0.15, -0.1) is 6.58 Å². The van der Waals surface area contributed by atoms with Crippen molar-refractivity contribution < 1.29 is 8.85 Å². The minimum atomic E-state index is -2.14. The molecule has 0 radical (unpaired) electrons. The summed E-state index contributed by atoms with van der Waals surface area (Å²) in [7, 11) is -2.14. The van der Waals surface area contributed by atoms with Crippen LogP contribution in [0.5, 0.6) is 0 Å². The molecule has 0 spiro atoms. The maximum absolute atomic E-state index is 6.17. The molecule has 1 aromatic rings. The molecule has 0 amide bonds. The van der Waals surface area contributed by atoms with Gasteiger partial charge in [-0.3, -0.25) is 4.98 Å². The van der Waals surface area contributed by atoms with Crippen molar-refractivity contribution in [3.05, 3.63) is 42.7 Å². The second-order valence-electron chi connectivity index (χ2n) is 5.79. The van der Waals surface area contributed by atoms with E-state index in [2.05, 4.69) is 31.6 Å². The van der Waals surface area contributed by atoms with Gasteiger partial charge in [0.1, 0.15) is 0 Å². The Kier molecular flexibility index (Phi) is 8.50. The van der Waals surface area contributed by atoms with Crippen LogP contribution in [0.2, 0.25) is 13.1 Å². The summed E-state index contributed by atoms with van der Waals surface area (Å²) in [6.07, 6.45) is 11.7. The maximum Gasteiger partial charge on any atom is 0.332 e. The van der Waals surface area contributed by atoms with E-state index >= 15 is 0 Å². The van der Waals surface area contributed by atoms with Gasteiger partial charge >= 0.3 is 8.56 Å². The van der Waals surface area contributed by atoms with Gasteiger partial charge in [-0.1, -0.05) is 44.7 Å². The average Bonchev–Trinajstić information content (AvgIpc) is 2.49. The minimum Gasteiger partial charge on any atom is -0.390 e. The standard InChI is InChI=1S/C17H29NO2Si/c1-5-7-8-9-12-17(6-2)20-21(3,4)19-15-16-11-10-13-18-14-16/h6,10-11,13-14,17H,2,5,7-9,12,15H2,1,3-4H3. The fourth-order valence-electron chi connectivity index (χ4n) is 2.14. The van der Waals surface area contributed by atoms with Gasteiger partial charge in [-0.05, 0) is 31.1 Å². The Morgan fingerprint density at radius 1 is 1.33 bits per heavy atom. The second kappa shape index (κ2) is 9.87. The summed E-state index contributed by atoms with van der Waals surface area (Å²) in [6, 6.07) is 3.95. The van der Waals surface area contributed by atoms with Gasteiger partial charge in [0.25, 0.3) is 0 Å². The Balaban J connectivity index is 2.36. The lowest BCUT2D eigenvalue weighted by Gasteiger charge is -2.27. The highest BCUT2D eigenvalue weighted by Gasteiger charge is 2.27. The van der Waals surface area contributed by atoms with E-state index in [0.717, 1.165) is 12.0 Å². The fraction of sp³-hybridized carbons (Fsp3) is 0.588. The third kappa shape index (κ3) is 8.14. The molecule has 21 heavy (non-hydrogen) atoms.